The fraction of sp³-hybridized carbons (Fsp3) is 0.261. The molecule has 4 aromatic heterocycles. The number of hydrogen-bond donors (Lipinski definition) is 3. The first kappa shape index (κ1) is 25.8. The van der Waals surface area contributed by atoms with Gasteiger partial charge in [-0.05, 0) is 55.7 Å². The molecule has 10 nitrogen and oxygen atoms in total. The second kappa shape index (κ2) is 10.3. The number of Topliss-reactive ketones (excluding diaryl/α,β-unsaturated/α-hetero) is 1. The fourth-order valence-electron chi connectivity index (χ4n) is 3.29. The maximum absolute atomic E-state index is 13.2. The number of carbonyl (C=O) groups excluding carboxylic acids is 2. The molecule has 4 aromatic rings. The molecule has 4 heterocycles. The number of ketones is 1. The highest BCUT2D eigenvalue weighted by atomic mass is 35.5. The summed E-state index contributed by atoms with van der Waals surface area (Å²) in [6.07, 6.45) is 0. The molecule has 0 fully saturated rings. The van der Waals surface area contributed by atoms with Crippen molar-refractivity contribution in [1.29, 1.82) is 0 Å². The molecule has 3 N–H and O–H groups in total. The third-order valence-corrected chi connectivity index (χ3v) is 7.18. The number of aromatic hydroxyl groups is 1. The zero-order valence-electron chi connectivity index (χ0n) is 19.3. The molecule has 0 aromatic carbocycles. The van der Waals surface area contributed by atoms with Crippen LogP contribution in [0.3, 0.4) is 0 Å². The number of aliphatic hydroxyl groups is 1. The van der Waals surface area contributed by atoms with Gasteiger partial charge in [0.1, 0.15) is 17.2 Å². The summed E-state index contributed by atoms with van der Waals surface area (Å²) in [5.41, 5.74) is -1.29. The summed E-state index contributed by atoms with van der Waals surface area (Å²) in [6, 6.07) is 9.38. The van der Waals surface area contributed by atoms with Gasteiger partial charge >= 0.3 is 0 Å². The Morgan fingerprint density at radius 3 is 2.61 bits per heavy atom. The third kappa shape index (κ3) is 5.26. The van der Waals surface area contributed by atoms with E-state index in [0.717, 1.165) is 25.7 Å². The number of thiophene rings is 1. The molecule has 36 heavy (non-hydrogen) atoms. The topological polar surface area (TPSA) is 139 Å². The van der Waals surface area contributed by atoms with Crippen LogP contribution in [0.2, 0.25) is 4.34 Å². The van der Waals surface area contributed by atoms with Crippen molar-refractivity contribution < 1.29 is 19.8 Å². The second-order valence-electron chi connectivity index (χ2n) is 8.54. The monoisotopic (exact) mass is 547 g/mol. The van der Waals surface area contributed by atoms with Gasteiger partial charge in [0.2, 0.25) is 5.78 Å². The van der Waals surface area contributed by atoms with Crippen LogP contribution in [0.4, 0.5) is 5.82 Å². The first-order chi connectivity index (χ1) is 17.1. The van der Waals surface area contributed by atoms with E-state index < -0.39 is 35.0 Å². The highest BCUT2D eigenvalue weighted by Crippen LogP contribution is 2.28. The number of pyridine rings is 1. The van der Waals surface area contributed by atoms with Crippen LogP contribution in [0.5, 0.6) is 5.75 Å². The van der Waals surface area contributed by atoms with Crippen LogP contribution >= 0.6 is 34.5 Å². The Labute approximate surface area is 218 Å². The van der Waals surface area contributed by atoms with Crippen LogP contribution in [0.25, 0.3) is 11.4 Å². The van der Waals surface area contributed by atoms with Crippen LogP contribution in [0.1, 0.15) is 34.0 Å². The Kier molecular flexibility index (Phi) is 7.41. The van der Waals surface area contributed by atoms with Crippen molar-refractivity contribution in [2.75, 3.05) is 11.9 Å². The predicted molar refractivity (Wildman–Crippen MR) is 138 cm³/mol. The molecule has 0 radical (unpaired) electrons. The first-order valence-corrected chi connectivity index (χ1v) is 12.7. The van der Waals surface area contributed by atoms with E-state index in [1.807, 2.05) is 6.07 Å². The summed E-state index contributed by atoms with van der Waals surface area (Å²) in [7, 11) is 0. The van der Waals surface area contributed by atoms with Gasteiger partial charge in [0, 0.05) is 16.3 Å². The lowest BCUT2D eigenvalue weighted by Gasteiger charge is -2.20. The highest BCUT2D eigenvalue weighted by molar-refractivity contribution is 7.16. The van der Waals surface area contributed by atoms with Crippen molar-refractivity contribution in [1.82, 2.24) is 18.7 Å². The van der Waals surface area contributed by atoms with Gasteiger partial charge in [-0.1, -0.05) is 11.6 Å². The minimum atomic E-state index is -1.14. The zero-order valence-corrected chi connectivity index (χ0v) is 21.7. The Balaban J connectivity index is 1.77. The molecule has 0 aliphatic heterocycles. The molecule has 0 bridgehead atoms. The van der Waals surface area contributed by atoms with Crippen molar-refractivity contribution in [3.63, 3.8) is 0 Å². The first-order valence-electron chi connectivity index (χ1n) is 10.7. The van der Waals surface area contributed by atoms with Crippen molar-refractivity contribution >= 4 is 52.0 Å². The van der Waals surface area contributed by atoms with E-state index in [2.05, 4.69) is 14.8 Å². The predicted octanol–water partition coefficient (Wildman–Crippen LogP) is 3.74. The largest absolute Gasteiger partial charge is 0.503 e. The molecule has 0 unspecified atom stereocenters. The van der Waals surface area contributed by atoms with Gasteiger partial charge in [0.05, 0.1) is 35.1 Å². The van der Waals surface area contributed by atoms with Gasteiger partial charge in [0.25, 0.3) is 11.5 Å². The number of hydrogen-bond acceptors (Lipinski definition) is 10. The average Bonchev–Trinajstić information content (AvgIpc) is 3.61. The van der Waals surface area contributed by atoms with E-state index in [4.69, 9.17) is 11.6 Å². The lowest BCUT2D eigenvalue weighted by molar-refractivity contribution is 0.0616. The van der Waals surface area contributed by atoms with E-state index in [0.29, 0.717) is 16.7 Å². The normalized spacial score (nSPS) is 11.6. The van der Waals surface area contributed by atoms with Crippen LogP contribution < -0.4 is 10.9 Å². The molecule has 0 saturated heterocycles. The van der Waals surface area contributed by atoms with Crippen molar-refractivity contribution in [3.8, 4) is 17.1 Å². The van der Waals surface area contributed by atoms with Crippen molar-refractivity contribution in [3.05, 3.63) is 67.0 Å². The number of aliphatic hydroxyl groups excluding tert-OH is 1. The summed E-state index contributed by atoms with van der Waals surface area (Å²) >= 11 is 8.50. The minimum Gasteiger partial charge on any atom is -0.503 e. The van der Waals surface area contributed by atoms with E-state index in [1.165, 1.54) is 23.5 Å². The number of rotatable bonds is 9. The fourth-order valence-corrected chi connectivity index (χ4v) is 4.85. The van der Waals surface area contributed by atoms with Crippen LogP contribution in [-0.4, -0.2) is 47.2 Å². The summed E-state index contributed by atoms with van der Waals surface area (Å²) in [6.45, 7) is 2.73. The summed E-state index contributed by atoms with van der Waals surface area (Å²) in [5, 5.41) is 29.0. The zero-order chi connectivity index (χ0) is 26.0. The van der Waals surface area contributed by atoms with Gasteiger partial charge in [0.15, 0.2) is 5.75 Å². The Hall–Kier alpha value is -3.32. The SMILES string of the molecule is CC(C)(CO)C(=O)n1nc(-c2ccc(O)c(=O)n2CC(=O)c2ccsn2)cc1NCc1ccc(Cl)s1. The van der Waals surface area contributed by atoms with E-state index in [-0.39, 0.29) is 23.6 Å². The smallest absolute Gasteiger partial charge is 0.293 e. The van der Waals surface area contributed by atoms with Gasteiger partial charge < -0.3 is 15.5 Å². The number of aromatic nitrogens is 4. The number of anilines is 1. The second-order valence-corrected chi connectivity index (χ2v) is 11.0. The van der Waals surface area contributed by atoms with Gasteiger partial charge in [-0.2, -0.15) is 14.2 Å². The van der Waals surface area contributed by atoms with Crippen molar-refractivity contribution in [2.45, 2.75) is 26.9 Å². The molecule has 4 rings (SSSR count). The number of carbonyl (C=O) groups is 2. The Morgan fingerprint density at radius 2 is 1.97 bits per heavy atom. The number of halogens is 1. The lowest BCUT2D eigenvalue weighted by atomic mass is 9.94. The van der Waals surface area contributed by atoms with Crippen LogP contribution in [-0.2, 0) is 13.1 Å². The Bertz CT molecular complexity index is 1470. The van der Waals surface area contributed by atoms with E-state index in [9.17, 15) is 24.6 Å². The summed E-state index contributed by atoms with van der Waals surface area (Å²) in [5.74, 6) is -1.11. The van der Waals surface area contributed by atoms with Gasteiger partial charge in [-0.15, -0.1) is 11.3 Å². The molecule has 0 saturated carbocycles. The Morgan fingerprint density at radius 1 is 1.19 bits per heavy atom. The minimum absolute atomic E-state index is 0.198. The molecule has 0 spiro atoms. The molecule has 13 heteroatoms. The molecule has 0 aliphatic rings. The summed E-state index contributed by atoms with van der Waals surface area (Å²) in [4.78, 5) is 39.6. The molecular formula is C23H22ClN5O5S2. The van der Waals surface area contributed by atoms with E-state index >= 15 is 0 Å². The molecule has 188 valence electrons. The molecular weight excluding hydrogens is 526 g/mol. The maximum atomic E-state index is 13.2. The molecule has 0 amide bonds. The van der Waals surface area contributed by atoms with Crippen LogP contribution in [0.15, 0.2) is 46.6 Å². The van der Waals surface area contributed by atoms with Gasteiger partial charge in [-0.25, -0.2) is 0 Å². The standard InChI is InChI=1S/C23H22ClN5O5S2/c1-23(2,12-30)22(34)29-20(25-10-13-3-6-19(24)36-13)9-15(26-29)16-4-5-17(31)21(33)28(16)11-18(32)14-7-8-35-27-14/h3-9,25,30-31H,10-12H2,1-2H3. The van der Waals surface area contributed by atoms with Crippen molar-refractivity contribution in [2.24, 2.45) is 5.41 Å². The third-order valence-electron chi connectivity index (χ3n) is 5.39. The van der Waals surface area contributed by atoms with Crippen LogP contribution in [0, 0.1) is 5.41 Å². The average molecular weight is 548 g/mol. The van der Waals surface area contributed by atoms with E-state index in [1.54, 1.807) is 37.4 Å². The highest BCUT2D eigenvalue weighted by Gasteiger charge is 2.31. The number of nitrogens with zero attached hydrogens (tertiary/aromatic N) is 4. The molecule has 0 aliphatic carbocycles. The maximum Gasteiger partial charge on any atom is 0.293 e. The number of nitrogens with one attached hydrogen (secondary N) is 1. The molecule has 0 atom stereocenters. The lowest BCUT2D eigenvalue weighted by Crippen LogP contribution is -2.34. The summed E-state index contributed by atoms with van der Waals surface area (Å²) < 4.78 is 6.85. The van der Waals surface area contributed by atoms with Gasteiger partial charge in [-0.3, -0.25) is 19.0 Å². The quantitative estimate of drug-likeness (QED) is 0.269.